The molecule has 1 unspecified atom stereocenters. The van der Waals surface area contributed by atoms with E-state index in [2.05, 4.69) is 31.2 Å². The van der Waals surface area contributed by atoms with Crippen molar-refractivity contribution in [2.45, 2.75) is 25.4 Å². The van der Waals surface area contributed by atoms with Gasteiger partial charge in [0.05, 0.1) is 0 Å². The zero-order chi connectivity index (χ0) is 12.9. The van der Waals surface area contributed by atoms with Crippen LogP contribution in [0.25, 0.3) is 0 Å². The second-order valence-corrected chi connectivity index (χ2v) is 4.91. The van der Waals surface area contributed by atoms with Gasteiger partial charge in [0.2, 0.25) is 5.95 Å². The zero-order valence-corrected chi connectivity index (χ0v) is 10.9. The summed E-state index contributed by atoms with van der Waals surface area (Å²) in [6.45, 7) is 2.91. The van der Waals surface area contributed by atoms with Gasteiger partial charge in [-0.25, -0.2) is 9.97 Å². The van der Waals surface area contributed by atoms with Crippen LogP contribution in [0.1, 0.15) is 18.5 Å². The number of hydrogen-bond acceptors (Lipinski definition) is 4. The molecule has 2 aromatic rings. The van der Waals surface area contributed by atoms with Gasteiger partial charge in [-0.2, -0.15) is 0 Å². The fraction of sp³-hybridized carbons (Fsp3) is 0.429. The maximum atomic E-state index is 4.33. The highest BCUT2D eigenvalue weighted by Crippen LogP contribution is 2.15. The molecule has 0 aliphatic carbocycles. The van der Waals surface area contributed by atoms with Crippen LogP contribution in [0.5, 0.6) is 0 Å². The number of hydrogen-bond donors (Lipinski definition) is 2. The Hall–Kier alpha value is -1.88. The lowest BCUT2D eigenvalue weighted by Crippen LogP contribution is -2.46. The molecule has 0 amide bonds. The summed E-state index contributed by atoms with van der Waals surface area (Å²) >= 11 is 0. The van der Waals surface area contributed by atoms with Crippen LogP contribution in [-0.4, -0.2) is 34.1 Å². The standard InChI is InChI=1S/C14H19N5/c1-4-12(15-6-1)10-18-13-5-2-9-19(11-13)14-16-7-3-8-17-14/h1,3-4,6-8,13,15,18H,2,5,9-11H2. The molecular weight excluding hydrogens is 238 g/mol. The van der Waals surface area contributed by atoms with Crippen LogP contribution in [0.2, 0.25) is 0 Å². The van der Waals surface area contributed by atoms with Gasteiger partial charge in [-0.05, 0) is 31.0 Å². The van der Waals surface area contributed by atoms with Gasteiger partial charge in [0.15, 0.2) is 0 Å². The Balaban J connectivity index is 1.56. The molecule has 0 bridgehead atoms. The van der Waals surface area contributed by atoms with Crippen molar-refractivity contribution in [2.24, 2.45) is 0 Å². The summed E-state index contributed by atoms with van der Waals surface area (Å²) in [5, 5.41) is 3.60. The van der Waals surface area contributed by atoms with Crippen LogP contribution < -0.4 is 10.2 Å². The van der Waals surface area contributed by atoms with Crippen molar-refractivity contribution in [1.29, 1.82) is 0 Å². The molecule has 0 radical (unpaired) electrons. The molecule has 1 saturated heterocycles. The summed E-state index contributed by atoms with van der Waals surface area (Å²) in [4.78, 5) is 14.1. The average Bonchev–Trinajstić information content (AvgIpc) is 3.00. The normalized spacial score (nSPS) is 19.6. The Kier molecular flexibility index (Phi) is 3.74. The van der Waals surface area contributed by atoms with Crippen LogP contribution >= 0.6 is 0 Å². The Morgan fingerprint density at radius 2 is 2.21 bits per heavy atom. The number of piperidine rings is 1. The SMILES string of the molecule is c1cnc(N2CCCC(NCc3ccc[nH]3)C2)nc1. The van der Waals surface area contributed by atoms with E-state index in [9.17, 15) is 0 Å². The third-order valence-electron chi connectivity index (χ3n) is 3.50. The highest BCUT2D eigenvalue weighted by atomic mass is 15.3. The quantitative estimate of drug-likeness (QED) is 0.873. The van der Waals surface area contributed by atoms with E-state index in [-0.39, 0.29) is 0 Å². The maximum Gasteiger partial charge on any atom is 0.225 e. The number of aromatic amines is 1. The molecule has 1 atom stereocenters. The molecule has 1 aliphatic heterocycles. The number of nitrogens with one attached hydrogen (secondary N) is 2. The van der Waals surface area contributed by atoms with Crippen LogP contribution in [-0.2, 0) is 6.54 Å². The number of rotatable bonds is 4. The number of aromatic nitrogens is 3. The van der Waals surface area contributed by atoms with Crippen molar-refractivity contribution < 1.29 is 0 Å². The minimum absolute atomic E-state index is 0.501. The van der Waals surface area contributed by atoms with Crippen molar-refractivity contribution in [2.75, 3.05) is 18.0 Å². The van der Waals surface area contributed by atoms with Crippen LogP contribution in [0.4, 0.5) is 5.95 Å². The average molecular weight is 257 g/mol. The molecule has 3 heterocycles. The lowest BCUT2D eigenvalue weighted by Gasteiger charge is -2.33. The highest BCUT2D eigenvalue weighted by Gasteiger charge is 2.21. The minimum atomic E-state index is 0.501. The summed E-state index contributed by atoms with van der Waals surface area (Å²) in [6, 6.07) is 6.49. The lowest BCUT2D eigenvalue weighted by atomic mass is 10.1. The van der Waals surface area contributed by atoms with Gasteiger partial charge in [0, 0.05) is 50.0 Å². The summed E-state index contributed by atoms with van der Waals surface area (Å²) in [7, 11) is 0. The maximum absolute atomic E-state index is 4.33. The van der Waals surface area contributed by atoms with Crippen LogP contribution in [0.15, 0.2) is 36.8 Å². The molecule has 1 fully saturated rings. The third-order valence-corrected chi connectivity index (χ3v) is 3.50. The van der Waals surface area contributed by atoms with E-state index >= 15 is 0 Å². The Morgan fingerprint density at radius 1 is 1.32 bits per heavy atom. The van der Waals surface area contributed by atoms with Crippen molar-refractivity contribution >= 4 is 5.95 Å². The monoisotopic (exact) mass is 257 g/mol. The fourth-order valence-electron chi connectivity index (χ4n) is 2.51. The van der Waals surface area contributed by atoms with E-state index in [1.165, 1.54) is 18.5 Å². The molecule has 2 N–H and O–H groups in total. The molecule has 2 aromatic heterocycles. The third kappa shape index (κ3) is 3.12. The molecule has 0 saturated carbocycles. The molecule has 19 heavy (non-hydrogen) atoms. The van der Waals surface area contributed by atoms with Gasteiger partial charge in [0.25, 0.3) is 0 Å². The summed E-state index contributed by atoms with van der Waals surface area (Å²) < 4.78 is 0. The van der Waals surface area contributed by atoms with Gasteiger partial charge >= 0.3 is 0 Å². The number of H-pyrrole nitrogens is 1. The fourth-order valence-corrected chi connectivity index (χ4v) is 2.51. The number of anilines is 1. The highest BCUT2D eigenvalue weighted by molar-refractivity contribution is 5.29. The van der Waals surface area contributed by atoms with Crippen LogP contribution in [0, 0.1) is 0 Å². The summed E-state index contributed by atoms with van der Waals surface area (Å²) in [5.41, 5.74) is 1.23. The molecule has 5 heteroatoms. The molecule has 0 aromatic carbocycles. The first-order chi connectivity index (χ1) is 9.42. The van der Waals surface area contributed by atoms with Crippen molar-refractivity contribution in [3.63, 3.8) is 0 Å². The second-order valence-electron chi connectivity index (χ2n) is 4.91. The van der Waals surface area contributed by atoms with E-state index in [1.807, 2.05) is 18.3 Å². The summed E-state index contributed by atoms with van der Waals surface area (Å²) in [5.74, 6) is 0.842. The van der Waals surface area contributed by atoms with E-state index in [0.29, 0.717) is 6.04 Å². The van der Waals surface area contributed by atoms with E-state index in [0.717, 1.165) is 25.6 Å². The van der Waals surface area contributed by atoms with Crippen molar-refractivity contribution in [3.05, 3.63) is 42.5 Å². The Labute approximate surface area is 113 Å². The van der Waals surface area contributed by atoms with Crippen LogP contribution in [0.3, 0.4) is 0 Å². The van der Waals surface area contributed by atoms with E-state index in [4.69, 9.17) is 0 Å². The first-order valence-corrected chi connectivity index (χ1v) is 6.79. The van der Waals surface area contributed by atoms with Gasteiger partial charge in [-0.15, -0.1) is 0 Å². The minimum Gasteiger partial charge on any atom is -0.364 e. The number of nitrogens with zero attached hydrogens (tertiary/aromatic N) is 3. The van der Waals surface area contributed by atoms with Gasteiger partial charge in [-0.3, -0.25) is 0 Å². The molecule has 0 spiro atoms. The smallest absolute Gasteiger partial charge is 0.225 e. The lowest BCUT2D eigenvalue weighted by molar-refractivity contribution is 0.416. The largest absolute Gasteiger partial charge is 0.364 e. The van der Waals surface area contributed by atoms with Crippen molar-refractivity contribution in [1.82, 2.24) is 20.3 Å². The molecule has 5 nitrogen and oxygen atoms in total. The van der Waals surface area contributed by atoms with Crippen molar-refractivity contribution in [3.8, 4) is 0 Å². The van der Waals surface area contributed by atoms with Gasteiger partial charge < -0.3 is 15.2 Å². The van der Waals surface area contributed by atoms with E-state index < -0.39 is 0 Å². The topological polar surface area (TPSA) is 56.8 Å². The first kappa shape index (κ1) is 12.2. The Morgan fingerprint density at radius 3 is 3.00 bits per heavy atom. The second kappa shape index (κ2) is 5.84. The molecule has 100 valence electrons. The molecular formula is C14H19N5. The van der Waals surface area contributed by atoms with Gasteiger partial charge in [-0.1, -0.05) is 0 Å². The molecule has 3 rings (SSSR count). The predicted molar refractivity (Wildman–Crippen MR) is 74.9 cm³/mol. The summed E-state index contributed by atoms with van der Waals surface area (Å²) in [6.07, 6.45) is 7.96. The molecule has 1 aliphatic rings. The van der Waals surface area contributed by atoms with E-state index in [1.54, 1.807) is 12.4 Å². The Bertz CT molecular complexity index is 482. The predicted octanol–water partition coefficient (Wildman–Crippen LogP) is 1.56. The first-order valence-electron chi connectivity index (χ1n) is 6.79. The van der Waals surface area contributed by atoms with Gasteiger partial charge in [0.1, 0.15) is 0 Å². The zero-order valence-electron chi connectivity index (χ0n) is 10.9.